The molecule has 0 saturated carbocycles. The number of hydrogen-bond acceptors (Lipinski definition) is 5. The van der Waals surface area contributed by atoms with E-state index in [2.05, 4.69) is 4.98 Å². The molecule has 2 rings (SSSR count). The van der Waals surface area contributed by atoms with E-state index >= 15 is 0 Å². The molecule has 0 saturated heterocycles. The molecule has 1 aromatic heterocycles. The Morgan fingerprint density at radius 3 is 2.55 bits per heavy atom. The highest BCUT2D eigenvalue weighted by atomic mass is 32.1. The summed E-state index contributed by atoms with van der Waals surface area (Å²) in [5.41, 5.74) is 8.27. The van der Waals surface area contributed by atoms with Gasteiger partial charge in [0.05, 0.1) is 17.7 Å². The van der Waals surface area contributed by atoms with Crippen LogP contribution in [0, 0.1) is 6.92 Å². The van der Waals surface area contributed by atoms with Gasteiger partial charge in [-0.05, 0) is 31.2 Å². The molecule has 22 heavy (non-hydrogen) atoms. The van der Waals surface area contributed by atoms with Crippen molar-refractivity contribution in [3.8, 4) is 5.75 Å². The molecular formula is C15H17N3O3S. The number of primary amides is 1. The molecule has 2 N–H and O–H groups in total. The molecule has 2 amide bonds. The number of thiazole rings is 1. The second-order valence-electron chi connectivity index (χ2n) is 4.80. The van der Waals surface area contributed by atoms with Crippen LogP contribution >= 0.6 is 11.3 Å². The molecule has 0 aliphatic heterocycles. The molecule has 0 aliphatic rings. The number of nitrogens with zero attached hydrogens (tertiary/aromatic N) is 2. The van der Waals surface area contributed by atoms with Crippen LogP contribution in [0.25, 0.3) is 0 Å². The van der Waals surface area contributed by atoms with Crippen molar-refractivity contribution in [2.45, 2.75) is 13.5 Å². The molecule has 1 aromatic carbocycles. The monoisotopic (exact) mass is 319 g/mol. The highest BCUT2D eigenvalue weighted by Gasteiger charge is 2.14. The predicted octanol–water partition coefficient (Wildman–Crippen LogP) is 1.59. The number of nitrogens with two attached hydrogens (primary N) is 1. The van der Waals surface area contributed by atoms with Crippen LogP contribution in [0.5, 0.6) is 5.75 Å². The molecular weight excluding hydrogens is 302 g/mol. The van der Waals surface area contributed by atoms with Gasteiger partial charge in [0.25, 0.3) is 11.8 Å². The minimum absolute atomic E-state index is 0.0887. The van der Waals surface area contributed by atoms with Crippen LogP contribution in [-0.2, 0) is 11.3 Å². The number of aryl methyl sites for hydroxylation is 1. The van der Waals surface area contributed by atoms with Crippen molar-refractivity contribution in [2.24, 2.45) is 5.73 Å². The fourth-order valence-electron chi connectivity index (χ4n) is 1.83. The largest absolute Gasteiger partial charge is 0.484 e. The zero-order valence-corrected chi connectivity index (χ0v) is 13.2. The summed E-state index contributed by atoms with van der Waals surface area (Å²) in [5.74, 6) is -0.134. The van der Waals surface area contributed by atoms with Crippen molar-refractivity contribution in [3.05, 3.63) is 45.9 Å². The number of rotatable bonds is 6. The molecule has 0 fully saturated rings. The summed E-state index contributed by atoms with van der Waals surface area (Å²) in [4.78, 5) is 29.9. The minimum atomic E-state index is -0.542. The molecule has 2 aromatic rings. The summed E-state index contributed by atoms with van der Waals surface area (Å²) in [5, 5.41) is 0. The summed E-state index contributed by atoms with van der Waals surface area (Å²) in [7, 11) is 1.75. The highest BCUT2D eigenvalue weighted by molar-refractivity contribution is 7.09. The van der Waals surface area contributed by atoms with E-state index in [0.717, 1.165) is 10.6 Å². The van der Waals surface area contributed by atoms with Gasteiger partial charge in [0.2, 0.25) is 0 Å². The maximum Gasteiger partial charge on any atom is 0.255 e. The lowest BCUT2D eigenvalue weighted by molar-refractivity contribution is -0.119. The van der Waals surface area contributed by atoms with Gasteiger partial charge < -0.3 is 15.4 Å². The lowest BCUT2D eigenvalue weighted by atomic mass is 10.2. The van der Waals surface area contributed by atoms with Crippen LogP contribution in [0.1, 0.15) is 20.9 Å². The normalized spacial score (nSPS) is 10.3. The number of hydrogen-bond donors (Lipinski definition) is 1. The quantitative estimate of drug-likeness (QED) is 0.876. The Balaban J connectivity index is 1.99. The van der Waals surface area contributed by atoms with Crippen molar-refractivity contribution < 1.29 is 14.3 Å². The number of ether oxygens (including phenoxy) is 1. The first-order chi connectivity index (χ1) is 10.5. The van der Waals surface area contributed by atoms with Crippen molar-refractivity contribution in [3.63, 3.8) is 0 Å². The van der Waals surface area contributed by atoms with Gasteiger partial charge in [-0.25, -0.2) is 4.98 Å². The van der Waals surface area contributed by atoms with E-state index in [0.29, 0.717) is 17.9 Å². The Morgan fingerprint density at radius 2 is 2.00 bits per heavy atom. The Kier molecular flexibility index (Phi) is 5.11. The average Bonchev–Trinajstić information content (AvgIpc) is 2.90. The summed E-state index contributed by atoms with van der Waals surface area (Å²) in [6, 6.07) is 6.60. The van der Waals surface area contributed by atoms with Gasteiger partial charge in [-0.3, -0.25) is 9.59 Å². The van der Waals surface area contributed by atoms with Crippen molar-refractivity contribution in [1.82, 2.24) is 9.88 Å². The second-order valence-corrected chi connectivity index (χ2v) is 5.74. The first-order valence-corrected chi connectivity index (χ1v) is 7.51. The molecule has 6 nitrogen and oxygen atoms in total. The van der Waals surface area contributed by atoms with Crippen LogP contribution in [-0.4, -0.2) is 35.4 Å². The van der Waals surface area contributed by atoms with E-state index in [1.165, 1.54) is 11.3 Å². The Bertz CT molecular complexity index is 667. The smallest absolute Gasteiger partial charge is 0.255 e. The molecule has 0 radical (unpaired) electrons. The van der Waals surface area contributed by atoms with Gasteiger partial charge in [-0.2, -0.15) is 0 Å². The van der Waals surface area contributed by atoms with Gasteiger partial charge in [0.15, 0.2) is 6.61 Å². The molecule has 0 atom stereocenters. The molecule has 0 spiro atoms. The van der Waals surface area contributed by atoms with E-state index in [4.69, 9.17) is 10.5 Å². The maximum absolute atomic E-state index is 12.4. The van der Waals surface area contributed by atoms with Gasteiger partial charge >= 0.3 is 0 Å². The fourth-order valence-corrected chi connectivity index (χ4v) is 2.66. The van der Waals surface area contributed by atoms with E-state index in [9.17, 15) is 9.59 Å². The summed E-state index contributed by atoms with van der Waals surface area (Å²) in [6.45, 7) is 2.27. The predicted molar refractivity (Wildman–Crippen MR) is 83.8 cm³/mol. The van der Waals surface area contributed by atoms with Crippen LogP contribution in [0.4, 0.5) is 0 Å². The summed E-state index contributed by atoms with van der Waals surface area (Å²) in [6.07, 6.45) is 0. The first-order valence-electron chi connectivity index (χ1n) is 6.63. The summed E-state index contributed by atoms with van der Waals surface area (Å²) < 4.78 is 5.16. The summed E-state index contributed by atoms with van der Waals surface area (Å²) >= 11 is 1.53. The topological polar surface area (TPSA) is 85.5 Å². The molecule has 0 bridgehead atoms. The Morgan fingerprint density at radius 1 is 1.32 bits per heavy atom. The SMILES string of the molecule is Cc1ncsc1CN(C)C(=O)c1ccc(OCC(N)=O)cc1. The van der Waals surface area contributed by atoms with Crippen molar-refractivity contribution >= 4 is 23.2 Å². The Hall–Kier alpha value is -2.41. The molecule has 7 heteroatoms. The number of benzene rings is 1. The van der Waals surface area contributed by atoms with Gasteiger partial charge in [-0.1, -0.05) is 0 Å². The first kappa shape index (κ1) is 16.0. The second kappa shape index (κ2) is 7.04. The van der Waals surface area contributed by atoms with E-state index < -0.39 is 5.91 Å². The number of aromatic nitrogens is 1. The lowest BCUT2D eigenvalue weighted by Gasteiger charge is -2.16. The standard InChI is InChI=1S/C15H17N3O3S/c1-10-13(22-9-17-10)7-18(2)15(20)11-3-5-12(6-4-11)21-8-14(16)19/h3-6,9H,7-8H2,1-2H3,(H2,16,19). The van der Waals surface area contributed by atoms with Crippen molar-refractivity contribution in [1.29, 1.82) is 0 Å². The van der Waals surface area contributed by atoms with Crippen LogP contribution in [0.15, 0.2) is 29.8 Å². The van der Waals surface area contributed by atoms with Crippen LogP contribution in [0.2, 0.25) is 0 Å². The van der Waals surface area contributed by atoms with Gasteiger partial charge in [0.1, 0.15) is 5.75 Å². The van der Waals surface area contributed by atoms with Gasteiger partial charge in [-0.15, -0.1) is 11.3 Å². The minimum Gasteiger partial charge on any atom is -0.484 e. The Labute approximate surface area is 132 Å². The van der Waals surface area contributed by atoms with E-state index in [-0.39, 0.29) is 12.5 Å². The third-order valence-corrected chi connectivity index (χ3v) is 3.97. The number of carbonyl (C=O) groups excluding carboxylic acids is 2. The zero-order chi connectivity index (χ0) is 16.1. The fraction of sp³-hybridized carbons (Fsp3) is 0.267. The average molecular weight is 319 g/mol. The highest BCUT2D eigenvalue weighted by Crippen LogP contribution is 2.17. The molecule has 1 heterocycles. The lowest BCUT2D eigenvalue weighted by Crippen LogP contribution is -2.26. The van der Waals surface area contributed by atoms with Crippen LogP contribution in [0.3, 0.4) is 0 Å². The van der Waals surface area contributed by atoms with Crippen molar-refractivity contribution in [2.75, 3.05) is 13.7 Å². The van der Waals surface area contributed by atoms with E-state index in [1.807, 2.05) is 6.92 Å². The van der Waals surface area contributed by atoms with Gasteiger partial charge in [0, 0.05) is 17.5 Å². The number of carbonyl (C=O) groups is 2. The molecule has 0 aliphatic carbocycles. The third kappa shape index (κ3) is 4.05. The maximum atomic E-state index is 12.4. The zero-order valence-electron chi connectivity index (χ0n) is 12.4. The third-order valence-electron chi connectivity index (χ3n) is 3.05. The van der Waals surface area contributed by atoms with Crippen LogP contribution < -0.4 is 10.5 Å². The van der Waals surface area contributed by atoms with E-state index in [1.54, 1.807) is 41.7 Å². The molecule has 116 valence electrons. The molecule has 0 unspecified atom stereocenters. The number of amides is 2.